The van der Waals surface area contributed by atoms with Crippen molar-refractivity contribution in [3.63, 3.8) is 0 Å². The quantitative estimate of drug-likeness (QED) is 0.788. The number of rotatable bonds is 7. The first-order valence-electron chi connectivity index (χ1n) is 7.75. The van der Waals surface area contributed by atoms with Crippen molar-refractivity contribution in [1.29, 1.82) is 0 Å². The van der Waals surface area contributed by atoms with Crippen LogP contribution in [0.25, 0.3) is 0 Å². The summed E-state index contributed by atoms with van der Waals surface area (Å²) in [7, 11) is 0. The number of hydrogen-bond donors (Lipinski definition) is 1. The SMILES string of the molecule is CC(=O)c1ccc(OC(C)C)c(NC(=O)COc2ccccc2)c1. The molecule has 2 aromatic rings. The summed E-state index contributed by atoms with van der Waals surface area (Å²) in [5.41, 5.74) is 0.962. The second-order valence-electron chi connectivity index (χ2n) is 5.58. The molecule has 0 atom stereocenters. The van der Waals surface area contributed by atoms with Crippen LogP contribution in [0.1, 0.15) is 31.1 Å². The number of carbonyl (C=O) groups is 2. The fraction of sp³-hybridized carbons (Fsp3) is 0.263. The number of Topliss-reactive ketones (excluding diaryl/α,β-unsaturated/α-hetero) is 1. The van der Waals surface area contributed by atoms with E-state index in [1.54, 1.807) is 30.3 Å². The van der Waals surface area contributed by atoms with Gasteiger partial charge < -0.3 is 14.8 Å². The van der Waals surface area contributed by atoms with Gasteiger partial charge in [-0.15, -0.1) is 0 Å². The normalized spacial score (nSPS) is 10.3. The molecule has 0 aromatic heterocycles. The Hall–Kier alpha value is -2.82. The van der Waals surface area contributed by atoms with E-state index in [-0.39, 0.29) is 24.4 Å². The average Bonchev–Trinajstić information content (AvgIpc) is 2.55. The van der Waals surface area contributed by atoms with Crippen LogP contribution in [0.4, 0.5) is 5.69 Å². The molecule has 2 rings (SSSR count). The van der Waals surface area contributed by atoms with Gasteiger partial charge in [-0.05, 0) is 51.1 Å². The Morgan fingerprint density at radius 3 is 2.42 bits per heavy atom. The van der Waals surface area contributed by atoms with Crippen LogP contribution in [0.5, 0.6) is 11.5 Å². The molecule has 0 spiro atoms. The molecule has 0 heterocycles. The number of ketones is 1. The lowest BCUT2D eigenvalue weighted by molar-refractivity contribution is -0.118. The van der Waals surface area contributed by atoms with Gasteiger partial charge in [-0.3, -0.25) is 9.59 Å². The zero-order valence-corrected chi connectivity index (χ0v) is 14.0. The molecule has 0 saturated heterocycles. The summed E-state index contributed by atoms with van der Waals surface area (Å²) < 4.78 is 11.1. The third-order valence-electron chi connectivity index (χ3n) is 3.14. The van der Waals surface area contributed by atoms with E-state index >= 15 is 0 Å². The number of para-hydroxylation sites is 1. The van der Waals surface area contributed by atoms with Crippen molar-refractivity contribution >= 4 is 17.4 Å². The van der Waals surface area contributed by atoms with Crippen molar-refractivity contribution in [3.05, 3.63) is 54.1 Å². The average molecular weight is 327 g/mol. The standard InChI is InChI=1S/C19H21NO4/c1-13(2)24-18-10-9-15(14(3)21)11-17(18)20-19(22)12-23-16-7-5-4-6-8-16/h4-11,13H,12H2,1-3H3,(H,20,22). The van der Waals surface area contributed by atoms with Gasteiger partial charge in [0.15, 0.2) is 12.4 Å². The number of carbonyl (C=O) groups excluding carboxylic acids is 2. The molecule has 5 heteroatoms. The lowest BCUT2D eigenvalue weighted by atomic mass is 10.1. The smallest absolute Gasteiger partial charge is 0.262 e. The Labute approximate surface area is 141 Å². The first-order chi connectivity index (χ1) is 11.5. The monoisotopic (exact) mass is 327 g/mol. The lowest BCUT2D eigenvalue weighted by Crippen LogP contribution is -2.21. The topological polar surface area (TPSA) is 64.6 Å². The molecule has 0 fully saturated rings. The maximum absolute atomic E-state index is 12.1. The molecule has 2 aromatic carbocycles. The van der Waals surface area contributed by atoms with E-state index in [1.165, 1.54) is 6.92 Å². The van der Waals surface area contributed by atoms with Gasteiger partial charge in [-0.2, -0.15) is 0 Å². The molecule has 1 amide bonds. The Bertz CT molecular complexity index is 711. The first-order valence-corrected chi connectivity index (χ1v) is 7.75. The zero-order valence-electron chi connectivity index (χ0n) is 14.0. The van der Waals surface area contributed by atoms with Gasteiger partial charge in [0, 0.05) is 5.56 Å². The van der Waals surface area contributed by atoms with Crippen molar-refractivity contribution in [1.82, 2.24) is 0 Å². The summed E-state index contributed by atoms with van der Waals surface area (Å²) in [5, 5.41) is 2.74. The fourth-order valence-electron chi connectivity index (χ4n) is 2.06. The van der Waals surface area contributed by atoms with Gasteiger partial charge in [0.1, 0.15) is 11.5 Å². The highest BCUT2D eigenvalue weighted by atomic mass is 16.5. The van der Waals surface area contributed by atoms with E-state index in [1.807, 2.05) is 32.0 Å². The van der Waals surface area contributed by atoms with Gasteiger partial charge in [0.25, 0.3) is 5.91 Å². The highest BCUT2D eigenvalue weighted by Crippen LogP contribution is 2.27. The Morgan fingerprint density at radius 2 is 1.79 bits per heavy atom. The summed E-state index contributed by atoms with van der Waals surface area (Å²) in [5.74, 6) is 0.724. The summed E-state index contributed by atoms with van der Waals surface area (Å²) in [4.78, 5) is 23.7. The van der Waals surface area contributed by atoms with Gasteiger partial charge in [-0.25, -0.2) is 0 Å². The van der Waals surface area contributed by atoms with Crippen LogP contribution in [0.15, 0.2) is 48.5 Å². The molecule has 5 nitrogen and oxygen atoms in total. The van der Waals surface area contributed by atoms with Crippen molar-refractivity contribution < 1.29 is 19.1 Å². The molecule has 0 bridgehead atoms. The number of hydrogen-bond acceptors (Lipinski definition) is 4. The predicted octanol–water partition coefficient (Wildman–Crippen LogP) is 3.69. The van der Waals surface area contributed by atoms with Gasteiger partial charge in [0.2, 0.25) is 0 Å². The third kappa shape index (κ3) is 5.12. The van der Waals surface area contributed by atoms with E-state index in [2.05, 4.69) is 5.32 Å². The highest BCUT2D eigenvalue weighted by Gasteiger charge is 2.12. The zero-order chi connectivity index (χ0) is 17.5. The highest BCUT2D eigenvalue weighted by molar-refractivity contribution is 5.98. The molecular weight excluding hydrogens is 306 g/mol. The van der Waals surface area contributed by atoms with Crippen molar-refractivity contribution in [2.24, 2.45) is 0 Å². The minimum absolute atomic E-state index is 0.0515. The van der Waals surface area contributed by atoms with Crippen molar-refractivity contribution in [2.75, 3.05) is 11.9 Å². The van der Waals surface area contributed by atoms with E-state index in [9.17, 15) is 9.59 Å². The van der Waals surface area contributed by atoms with Crippen LogP contribution in [0.3, 0.4) is 0 Å². The number of ether oxygens (including phenoxy) is 2. The molecule has 1 N–H and O–H groups in total. The Balaban J connectivity index is 2.09. The van der Waals surface area contributed by atoms with Gasteiger partial charge in [-0.1, -0.05) is 18.2 Å². The van der Waals surface area contributed by atoms with Gasteiger partial charge >= 0.3 is 0 Å². The third-order valence-corrected chi connectivity index (χ3v) is 3.14. The van der Waals surface area contributed by atoms with Crippen LogP contribution in [0, 0.1) is 0 Å². The Kier molecular flexibility index (Phi) is 5.95. The number of benzene rings is 2. The molecule has 0 radical (unpaired) electrons. The van der Waals surface area contributed by atoms with Crippen LogP contribution in [-0.2, 0) is 4.79 Å². The van der Waals surface area contributed by atoms with E-state index in [4.69, 9.17) is 9.47 Å². The minimum Gasteiger partial charge on any atom is -0.489 e. The molecule has 126 valence electrons. The number of nitrogens with one attached hydrogen (secondary N) is 1. The van der Waals surface area contributed by atoms with Crippen LogP contribution in [-0.4, -0.2) is 24.4 Å². The lowest BCUT2D eigenvalue weighted by Gasteiger charge is -2.16. The van der Waals surface area contributed by atoms with Crippen molar-refractivity contribution in [3.8, 4) is 11.5 Å². The summed E-state index contributed by atoms with van der Waals surface area (Å²) in [6, 6.07) is 14.1. The molecule has 0 aliphatic carbocycles. The number of amides is 1. The second-order valence-corrected chi connectivity index (χ2v) is 5.58. The van der Waals surface area contributed by atoms with Crippen LogP contribution < -0.4 is 14.8 Å². The summed E-state index contributed by atoms with van der Waals surface area (Å²) >= 11 is 0. The summed E-state index contributed by atoms with van der Waals surface area (Å²) in [6.45, 7) is 5.13. The molecule has 24 heavy (non-hydrogen) atoms. The maximum atomic E-state index is 12.1. The van der Waals surface area contributed by atoms with Crippen molar-refractivity contribution in [2.45, 2.75) is 26.9 Å². The summed E-state index contributed by atoms with van der Waals surface area (Å²) in [6.07, 6.45) is -0.0515. The molecule has 0 saturated carbocycles. The first kappa shape index (κ1) is 17.5. The van der Waals surface area contributed by atoms with E-state index < -0.39 is 0 Å². The molecular formula is C19H21NO4. The molecule has 0 aliphatic heterocycles. The maximum Gasteiger partial charge on any atom is 0.262 e. The largest absolute Gasteiger partial charge is 0.489 e. The van der Waals surface area contributed by atoms with Gasteiger partial charge in [0.05, 0.1) is 11.8 Å². The van der Waals surface area contributed by atoms with Crippen LogP contribution >= 0.6 is 0 Å². The number of anilines is 1. The predicted molar refractivity (Wildman–Crippen MR) is 92.8 cm³/mol. The minimum atomic E-state index is -0.326. The Morgan fingerprint density at radius 1 is 1.08 bits per heavy atom. The van der Waals surface area contributed by atoms with E-state index in [0.717, 1.165) is 0 Å². The molecule has 0 unspecified atom stereocenters. The molecule has 0 aliphatic rings. The second kappa shape index (κ2) is 8.15. The van der Waals surface area contributed by atoms with E-state index in [0.29, 0.717) is 22.7 Å². The van der Waals surface area contributed by atoms with Crippen LogP contribution in [0.2, 0.25) is 0 Å². The fourth-order valence-corrected chi connectivity index (χ4v) is 2.06.